The normalized spacial score (nSPS) is 24.0. The van der Waals surface area contributed by atoms with Crippen molar-refractivity contribution in [2.75, 3.05) is 0 Å². The zero-order chi connectivity index (χ0) is 11.8. The molecule has 4 heteroatoms. The van der Waals surface area contributed by atoms with Crippen LogP contribution in [0.2, 0.25) is 0 Å². The second-order valence-corrected chi connectivity index (χ2v) is 4.84. The van der Waals surface area contributed by atoms with Crippen molar-refractivity contribution in [3.8, 4) is 0 Å². The monoisotopic (exact) mass is 246 g/mol. The van der Waals surface area contributed by atoms with E-state index in [-0.39, 0.29) is 18.0 Å². The maximum Gasteiger partial charge on any atom is 0.334 e. The lowest BCUT2D eigenvalue weighted by Crippen LogP contribution is -2.04. The van der Waals surface area contributed by atoms with Gasteiger partial charge in [-0.15, -0.1) is 11.3 Å². The fourth-order valence-corrected chi connectivity index (χ4v) is 2.82. The molecule has 2 aromatic rings. The molecule has 2 atom stereocenters. The summed E-state index contributed by atoms with van der Waals surface area (Å²) in [7, 11) is 0. The van der Waals surface area contributed by atoms with E-state index in [2.05, 4.69) is 6.58 Å². The minimum absolute atomic E-state index is 0.212. The Morgan fingerprint density at radius 1 is 1.29 bits per heavy atom. The van der Waals surface area contributed by atoms with Gasteiger partial charge in [0.2, 0.25) is 0 Å². The lowest BCUT2D eigenvalue weighted by atomic mass is 9.94. The third kappa shape index (κ3) is 1.61. The van der Waals surface area contributed by atoms with Gasteiger partial charge in [-0.3, -0.25) is 0 Å². The molecule has 1 fully saturated rings. The first-order chi connectivity index (χ1) is 8.27. The molecule has 3 rings (SSSR count). The molecule has 0 N–H and O–H groups in total. The predicted molar refractivity (Wildman–Crippen MR) is 63.7 cm³/mol. The SMILES string of the molecule is C=C1C(=O)O[C@@H](c2cccs2)[C@@H]1c1ccco1. The van der Waals surface area contributed by atoms with Gasteiger partial charge in [-0.25, -0.2) is 4.79 Å². The summed E-state index contributed by atoms with van der Waals surface area (Å²) >= 11 is 1.57. The van der Waals surface area contributed by atoms with Crippen LogP contribution in [0.25, 0.3) is 0 Å². The molecule has 0 amide bonds. The first kappa shape index (κ1) is 10.4. The van der Waals surface area contributed by atoms with Crippen LogP contribution in [0.15, 0.2) is 52.5 Å². The average molecular weight is 246 g/mol. The molecule has 0 radical (unpaired) electrons. The summed E-state index contributed by atoms with van der Waals surface area (Å²) in [5, 5.41) is 1.96. The van der Waals surface area contributed by atoms with E-state index in [0.717, 1.165) is 10.6 Å². The molecule has 17 heavy (non-hydrogen) atoms. The van der Waals surface area contributed by atoms with Crippen molar-refractivity contribution in [2.24, 2.45) is 0 Å². The number of furan rings is 1. The van der Waals surface area contributed by atoms with E-state index in [9.17, 15) is 4.79 Å². The first-order valence-corrected chi connectivity index (χ1v) is 6.12. The second-order valence-electron chi connectivity index (χ2n) is 3.86. The zero-order valence-corrected chi connectivity index (χ0v) is 9.78. The highest BCUT2D eigenvalue weighted by molar-refractivity contribution is 7.10. The summed E-state index contributed by atoms with van der Waals surface area (Å²) in [6.45, 7) is 3.80. The standard InChI is InChI=1S/C13H10O3S/c1-8-11(9-4-2-6-15-9)12(16-13(8)14)10-5-3-7-17-10/h2-7,11-12H,1H2/t11-,12-/m0/s1. The maximum atomic E-state index is 11.6. The Labute approximate surface area is 102 Å². The van der Waals surface area contributed by atoms with E-state index in [1.54, 1.807) is 23.7 Å². The van der Waals surface area contributed by atoms with E-state index in [1.807, 2.05) is 23.6 Å². The number of esters is 1. The van der Waals surface area contributed by atoms with Crippen molar-refractivity contribution < 1.29 is 13.9 Å². The van der Waals surface area contributed by atoms with Crippen molar-refractivity contribution in [1.82, 2.24) is 0 Å². The zero-order valence-electron chi connectivity index (χ0n) is 8.96. The largest absolute Gasteiger partial charge is 0.469 e. The lowest BCUT2D eigenvalue weighted by Gasteiger charge is -2.13. The van der Waals surface area contributed by atoms with Gasteiger partial charge in [0.15, 0.2) is 6.10 Å². The number of thiophene rings is 1. The quantitative estimate of drug-likeness (QED) is 0.603. The molecule has 0 bridgehead atoms. The molecule has 3 nitrogen and oxygen atoms in total. The van der Waals surface area contributed by atoms with Crippen molar-refractivity contribution in [2.45, 2.75) is 12.0 Å². The van der Waals surface area contributed by atoms with Crippen molar-refractivity contribution >= 4 is 17.3 Å². The van der Waals surface area contributed by atoms with Gasteiger partial charge < -0.3 is 9.15 Å². The number of hydrogen-bond acceptors (Lipinski definition) is 4. The number of ether oxygens (including phenoxy) is 1. The van der Waals surface area contributed by atoms with Gasteiger partial charge in [-0.2, -0.15) is 0 Å². The highest BCUT2D eigenvalue weighted by Gasteiger charge is 2.42. The second kappa shape index (κ2) is 3.89. The van der Waals surface area contributed by atoms with Gasteiger partial charge in [-0.05, 0) is 23.6 Å². The summed E-state index contributed by atoms with van der Waals surface area (Å²) < 4.78 is 10.7. The van der Waals surface area contributed by atoms with Gasteiger partial charge in [0, 0.05) is 10.5 Å². The van der Waals surface area contributed by atoms with E-state index in [0.29, 0.717) is 5.57 Å². The van der Waals surface area contributed by atoms with Crippen LogP contribution in [-0.2, 0) is 9.53 Å². The minimum atomic E-state index is -0.343. The Hall–Kier alpha value is -1.81. The van der Waals surface area contributed by atoms with E-state index in [4.69, 9.17) is 9.15 Å². The number of hydrogen-bond donors (Lipinski definition) is 0. The van der Waals surface area contributed by atoms with Crippen LogP contribution < -0.4 is 0 Å². The number of carbonyl (C=O) groups excluding carboxylic acids is 1. The lowest BCUT2D eigenvalue weighted by molar-refractivity contribution is -0.139. The molecule has 1 saturated heterocycles. The number of cyclic esters (lactones) is 1. The molecule has 1 aliphatic heterocycles. The number of rotatable bonds is 2. The molecule has 0 aliphatic carbocycles. The number of carbonyl (C=O) groups is 1. The van der Waals surface area contributed by atoms with Gasteiger partial charge in [-0.1, -0.05) is 12.6 Å². The summed E-state index contributed by atoms with van der Waals surface area (Å²) in [4.78, 5) is 12.6. The Morgan fingerprint density at radius 3 is 2.82 bits per heavy atom. The molecule has 1 aliphatic rings. The molecular weight excluding hydrogens is 236 g/mol. The summed E-state index contributed by atoms with van der Waals surface area (Å²) in [5.41, 5.74) is 0.457. The molecule has 86 valence electrons. The Balaban J connectivity index is 2.03. The van der Waals surface area contributed by atoms with Crippen LogP contribution in [-0.4, -0.2) is 5.97 Å². The highest BCUT2D eigenvalue weighted by Crippen LogP contribution is 2.46. The third-order valence-corrected chi connectivity index (χ3v) is 3.78. The van der Waals surface area contributed by atoms with Gasteiger partial charge in [0.25, 0.3) is 0 Å². The molecule has 2 aromatic heterocycles. The van der Waals surface area contributed by atoms with E-state index >= 15 is 0 Å². The maximum absolute atomic E-state index is 11.6. The third-order valence-electron chi connectivity index (χ3n) is 2.85. The molecule has 0 saturated carbocycles. The Kier molecular flexibility index (Phi) is 2.37. The van der Waals surface area contributed by atoms with Gasteiger partial charge >= 0.3 is 5.97 Å². The Morgan fingerprint density at radius 2 is 2.18 bits per heavy atom. The average Bonchev–Trinajstić information content (AvgIpc) is 3.01. The van der Waals surface area contributed by atoms with E-state index < -0.39 is 0 Å². The fourth-order valence-electron chi connectivity index (χ4n) is 2.03. The molecular formula is C13H10O3S. The van der Waals surface area contributed by atoms with Crippen LogP contribution in [0.1, 0.15) is 22.7 Å². The topological polar surface area (TPSA) is 39.4 Å². The minimum Gasteiger partial charge on any atom is -0.469 e. The van der Waals surface area contributed by atoms with Crippen molar-refractivity contribution in [3.63, 3.8) is 0 Å². The summed E-state index contributed by atoms with van der Waals surface area (Å²) in [5.74, 6) is 0.167. The van der Waals surface area contributed by atoms with Crippen LogP contribution in [0, 0.1) is 0 Å². The molecule has 0 unspecified atom stereocenters. The smallest absolute Gasteiger partial charge is 0.334 e. The van der Waals surface area contributed by atoms with E-state index in [1.165, 1.54) is 0 Å². The van der Waals surface area contributed by atoms with Gasteiger partial charge in [0.05, 0.1) is 12.2 Å². The Bertz CT molecular complexity index is 539. The summed E-state index contributed by atoms with van der Waals surface area (Å²) in [6.07, 6.45) is 1.29. The summed E-state index contributed by atoms with van der Waals surface area (Å²) in [6, 6.07) is 7.54. The van der Waals surface area contributed by atoms with Crippen LogP contribution in [0.4, 0.5) is 0 Å². The van der Waals surface area contributed by atoms with Crippen LogP contribution in [0.5, 0.6) is 0 Å². The van der Waals surface area contributed by atoms with Crippen LogP contribution >= 0.6 is 11.3 Å². The predicted octanol–water partition coefficient (Wildman–Crippen LogP) is 3.28. The highest BCUT2D eigenvalue weighted by atomic mass is 32.1. The molecule has 3 heterocycles. The molecule has 0 aromatic carbocycles. The van der Waals surface area contributed by atoms with Crippen molar-refractivity contribution in [1.29, 1.82) is 0 Å². The first-order valence-electron chi connectivity index (χ1n) is 5.24. The van der Waals surface area contributed by atoms with Crippen molar-refractivity contribution in [3.05, 3.63) is 58.7 Å². The van der Waals surface area contributed by atoms with Crippen LogP contribution in [0.3, 0.4) is 0 Å². The fraction of sp³-hybridized carbons (Fsp3) is 0.154. The van der Waals surface area contributed by atoms with Gasteiger partial charge in [0.1, 0.15) is 5.76 Å². The molecule has 0 spiro atoms.